The molecule has 0 saturated carbocycles. The van der Waals surface area contributed by atoms with Gasteiger partial charge in [-0.15, -0.1) is 0 Å². The van der Waals surface area contributed by atoms with E-state index in [1.54, 1.807) is 13.3 Å². The van der Waals surface area contributed by atoms with E-state index in [1.165, 1.54) is 7.11 Å². The molecule has 0 saturated heterocycles. The fraction of sp³-hybridized carbons (Fsp3) is 0.250. The predicted molar refractivity (Wildman–Crippen MR) is 47.0 cm³/mol. The fourth-order valence-corrected chi connectivity index (χ4v) is 1.14. The zero-order valence-electron chi connectivity index (χ0n) is 7.37. The molecular formula is C8H9N3O2. The van der Waals surface area contributed by atoms with E-state index in [0.717, 1.165) is 11.0 Å². The van der Waals surface area contributed by atoms with Gasteiger partial charge < -0.3 is 14.5 Å². The molecule has 0 amide bonds. The van der Waals surface area contributed by atoms with Gasteiger partial charge in [0.15, 0.2) is 0 Å². The lowest BCUT2D eigenvalue weighted by molar-refractivity contribution is 0.356. The quantitative estimate of drug-likeness (QED) is 0.746. The molecule has 2 rings (SSSR count). The smallest absolute Gasteiger partial charge is 0.320 e. The van der Waals surface area contributed by atoms with Crippen LogP contribution in [0.4, 0.5) is 0 Å². The van der Waals surface area contributed by atoms with Crippen molar-refractivity contribution in [1.29, 1.82) is 0 Å². The summed E-state index contributed by atoms with van der Waals surface area (Å²) in [6.07, 6.45) is 1.78. The van der Waals surface area contributed by atoms with E-state index < -0.39 is 0 Å². The van der Waals surface area contributed by atoms with Gasteiger partial charge in [0.05, 0.1) is 19.7 Å². The highest BCUT2D eigenvalue weighted by Crippen LogP contribution is 2.22. The summed E-state index contributed by atoms with van der Waals surface area (Å²) in [6.45, 7) is 0. The van der Waals surface area contributed by atoms with E-state index in [-0.39, 0.29) is 0 Å². The highest BCUT2D eigenvalue weighted by molar-refractivity contribution is 5.79. The average molecular weight is 179 g/mol. The second-order valence-electron chi connectivity index (χ2n) is 2.46. The Kier molecular flexibility index (Phi) is 1.77. The van der Waals surface area contributed by atoms with E-state index in [2.05, 4.69) is 15.0 Å². The molecule has 2 heterocycles. The molecule has 2 aromatic heterocycles. The highest BCUT2D eigenvalue weighted by Gasteiger charge is 2.08. The van der Waals surface area contributed by atoms with Gasteiger partial charge >= 0.3 is 6.01 Å². The third-order valence-electron chi connectivity index (χ3n) is 1.73. The van der Waals surface area contributed by atoms with Crippen molar-refractivity contribution in [3.63, 3.8) is 0 Å². The first-order valence-corrected chi connectivity index (χ1v) is 3.78. The van der Waals surface area contributed by atoms with Crippen molar-refractivity contribution < 1.29 is 9.47 Å². The molecule has 0 radical (unpaired) electrons. The third kappa shape index (κ3) is 1.18. The molecule has 0 fully saturated rings. The first-order chi connectivity index (χ1) is 6.35. The molecule has 0 aliphatic rings. The normalized spacial score (nSPS) is 10.3. The van der Waals surface area contributed by atoms with Gasteiger partial charge in [-0.1, -0.05) is 0 Å². The van der Waals surface area contributed by atoms with E-state index in [1.807, 2.05) is 6.07 Å². The SMILES string of the molecule is COc1nc(OC)c2[nH]ccc2n1. The second kappa shape index (κ2) is 2.93. The predicted octanol–water partition coefficient (Wildman–Crippen LogP) is 0.975. The van der Waals surface area contributed by atoms with E-state index in [4.69, 9.17) is 9.47 Å². The molecule has 0 aliphatic carbocycles. The summed E-state index contributed by atoms with van der Waals surface area (Å²) >= 11 is 0. The Morgan fingerprint density at radius 3 is 2.77 bits per heavy atom. The van der Waals surface area contributed by atoms with Gasteiger partial charge in [-0.05, 0) is 6.07 Å². The van der Waals surface area contributed by atoms with Gasteiger partial charge in [0.2, 0.25) is 5.88 Å². The molecule has 0 spiro atoms. The van der Waals surface area contributed by atoms with Crippen molar-refractivity contribution in [3.8, 4) is 11.9 Å². The minimum absolute atomic E-state index is 0.309. The van der Waals surface area contributed by atoms with E-state index in [9.17, 15) is 0 Å². The van der Waals surface area contributed by atoms with Crippen LogP contribution in [0.1, 0.15) is 0 Å². The Morgan fingerprint density at radius 1 is 1.23 bits per heavy atom. The molecule has 13 heavy (non-hydrogen) atoms. The fourth-order valence-electron chi connectivity index (χ4n) is 1.14. The van der Waals surface area contributed by atoms with Crippen LogP contribution in [-0.4, -0.2) is 29.2 Å². The van der Waals surface area contributed by atoms with E-state index >= 15 is 0 Å². The van der Waals surface area contributed by atoms with Gasteiger partial charge in [0.25, 0.3) is 0 Å². The molecule has 2 aromatic rings. The zero-order valence-corrected chi connectivity index (χ0v) is 7.37. The summed E-state index contributed by atoms with van der Waals surface area (Å²) in [4.78, 5) is 11.1. The minimum Gasteiger partial charge on any atom is -0.479 e. The number of nitrogens with zero attached hydrogens (tertiary/aromatic N) is 2. The Morgan fingerprint density at radius 2 is 2.08 bits per heavy atom. The first kappa shape index (κ1) is 7.85. The number of hydrogen-bond acceptors (Lipinski definition) is 4. The number of ether oxygens (including phenoxy) is 2. The van der Waals surface area contributed by atoms with Crippen LogP contribution in [0.25, 0.3) is 11.0 Å². The number of aromatic nitrogens is 3. The van der Waals surface area contributed by atoms with Crippen LogP contribution in [0, 0.1) is 0 Å². The zero-order chi connectivity index (χ0) is 9.26. The number of nitrogens with one attached hydrogen (secondary N) is 1. The van der Waals surface area contributed by atoms with Crippen LogP contribution < -0.4 is 9.47 Å². The van der Waals surface area contributed by atoms with Crippen molar-refractivity contribution in [2.24, 2.45) is 0 Å². The second-order valence-corrected chi connectivity index (χ2v) is 2.46. The third-order valence-corrected chi connectivity index (χ3v) is 1.73. The number of fused-ring (bicyclic) bond motifs is 1. The van der Waals surface area contributed by atoms with Crippen LogP contribution in [0.15, 0.2) is 12.3 Å². The lowest BCUT2D eigenvalue weighted by atomic mass is 10.4. The van der Waals surface area contributed by atoms with Gasteiger partial charge in [0.1, 0.15) is 5.52 Å². The summed E-state index contributed by atoms with van der Waals surface area (Å²) in [5.74, 6) is 0.492. The van der Waals surface area contributed by atoms with Gasteiger partial charge in [-0.2, -0.15) is 9.97 Å². The number of methoxy groups -OCH3 is 2. The van der Waals surface area contributed by atoms with Crippen molar-refractivity contribution >= 4 is 11.0 Å². The maximum Gasteiger partial charge on any atom is 0.320 e. The molecule has 5 nitrogen and oxygen atoms in total. The lowest BCUT2D eigenvalue weighted by Crippen LogP contribution is -1.95. The Balaban J connectivity index is 2.70. The summed E-state index contributed by atoms with van der Waals surface area (Å²) in [7, 11) is 3.08. The van der Waals surface area contributed by atoms with Gasteiger partial charge in [-0.3, -0.25) is 0 Å². The van der Waals surface area contributed by atoms with Crippen molar-refractivity contribution in [2.45, 2.75) is 0 Å². The summed E-state index contributed by atoms with van der Waals surface area (Å²) in [6, 6.07) is 2.14. The van der Waals surface area contributed by atoms with Crippen molar-refractivity contribution in [1.82, 2.24) is 15.0 Å². The number of aromatic amines is 1. The standard InChI is InChI=1S/C8H9N3O2/c1-12-7-6-5(3-4-9-6)10-8(11-7)13-2/h3-4,9H,1-2H3. The summed E-state index contributed by atoms with van der Waals surface area (Å²) < 4.78 is 9.98. The van der Waals surface area contributed by atoms with Crippen LogP contribution >= 0.6 is 0 Å². The van der Waals surface area contributed by atoms with Gasteiger partial charge in [0, 0.05) is 6.20 Å². The van der Waals surface area contributed by atoms with Gasteiger partial charge in [-0.25, -0.2) is 0 Å². The summed E-state index contributed by atoms with van der Waals surface area (Å²) in [5, 5.41) is 0. The molecule has 0 bridgehead atoms. The maximum atomic E-state index is 5.07. The van der Waals surface area contributed by atoms with Crippen molar-refractivity contribution in [2.75, 3.05) is 14.2 Å². The highest BCUT2D eigenvalue weighted by atomic mass is 16.5. The Bertz CT molecular complexity index is 424. The number of H-pyrrole nitrogens is 1. The molecule has 0 aromatic carbocycles. The Hall–Kier alpha value is -1.78. The largest absolute Gasteiger partial charge is 0.479 e. The maximum absolute atomic E-state index is 5.07. The van der Waals surface area contributed by atoms with Crippen molar-refractivity contribution in [3.05, 3.63) is 12.3 Å². The van der Waals surface area contributed by atoms with Crippen LogP contribution in [-0.2, 0) is 0 Å². The van der Waals surface area contributed by atoms with Crippen LogP contribution in [0.5, 0.6) is 11.9 Å². The monoisotopic (exact) mass is 179 g/mol. The molecule has 5 heteroatoms. The summed E-state index contributed by atoms with van der Waals surface area (Å²) in [5.41, 5.74) is 1.56. The molecule has 0 atom stereocenters. The van der Waals surface area contributed by atoms with E-state index in [0.29, 0.717) is 11.9 Å². The van der Waals surface area contributed by atoms with Crippen LogP contribution in [0.3, 0.4) is 0 Å². The van der Waals surface area contributed by atoms with Crippen LogP contribution in [0.2, 0.25) is 0 Å². The Labute approximate surface area is 74.7 Å². The first-order valence-electron chi connectivity index (χ1n) is 3.78. The number of rotatable bonds is 2. The minimum atomic E-state index is 0.309. The molecular weight excluding hydrogens is 170 g/mol. The molecule has 0 unspecified atom stereocenters. The lowest BCUT2D eigenvalue weighted by Gasteiger charge is -2.02. The topological polar surface area (TPSA) is 60.0 Å². The molecule has 1 N–H and O–H groups in total. The average Bonchev–Trinajstić information content (AvgIpc) is 2.63. The number of hydrogen-bond donors (Lipinski definition) is 1. The molecule has 68 valence electrons. The molecule has 0 aliphatic heterocycles.